The highest BCUT2D eigenvalue weighted by Crippen LogP contribution is 2.22. The van der Waals surface area contributed by atoms with E-state index in [1.807, 2.05) is 0 Å². The first-order chi connectivity index (χ1) is 10.5. The van der Waals surface area contributed by atoms with Crippen LogP contribution in [0.2, 0.25) is 0 Å². The van der Waals surface area contributed by atoms with E-state index >= 15 is 0 Å². The standard InChI is InChI=1S/C15H16F2N4O/c1-21(17)6-5-19-15(22)11-4-2-3-10(7-11)12-8-13(16)14(18)20-9-12/h2-4,7-9H,5-6H2,1H3,(H2,18,20)(H,19,22). The first-order valence-electron chi connectivity index (χ1n) is 6.64. The zero-order valence-corrected chi connectivity index (χ0v) is 12.0. The number of anilines is 1. The zero-order chi connectivity index (χ0) is 16.1. The molecule has 0 saturated carbocycles. The Kier molecular flexibility index (Phi) is 5.00. The van der Waals surface area contributed by atoms with Crippen molar-refractivity contribution in [2.75, 3.05) is 25.9 Å². The number of aromatic nitrogens is 1. The van der Waals surface area contributed by atoms with Gasteiger partial charge in [-0.25, -0.2) is 9.37 Å². The van der Waals surface area contributed by atoms with Crippen molar-refractivity contribution in [3.63, 3.8) is 0 Å². The summed E-state index contributed by atoms with van der Waals surface area (Å²) in [4.78, 5) is 15.7. The molecule has 2 rings (SSSR count). The summed E-state index contributed by atoms with van der Waals surface area (Å²) in [7, 11) is 1.27. The first kappa shape index (κ1) is 15.8. The summed E-state index contributed by atoms with van der Waals surface area (Å²) in [5.74, 6) is -1.11. The van der Waals surface area contributed by atoms with Crippen molar-refractivity contribution in [1.82, 2.24) is 15.4 Å². The lowest BCUT2D eigenvalue weighted by Crippen LogP contribution is -2.30. The fraction of sp³-hybridized carbons (Fsp3) is 0.200. The van der Waals surface area contributed by atoms with E-state index in [1.54, 1.807) is 24.3 Å². The molecule has 0 aliphatic heterocycles. The Labute approximate surface area is 126 Å². The van der Waals surface area contributed by atoms with E-state index in [4.69, 9.17) is 5.73 Å². The summed E-state index contributed by atoms with van der Waals surface area (Å²) < 4.78 is 26.0. The van der Waals surface area contributed by atoms with Crippen molar-refractivity contribution in [3.05, 3.63) is 47.9 Å². The van der Waals surface area contributed by atoms with Crippen molar-refractivity contribution < 1.29 is 13.7 Å². The molecule has 1 amide bonds. The van der Waals surface area contributed by atoms with Gasteiger partial charge in [-0.1, -0.05) is 12.1 Å². The third-order valence-corrected chi connectivity index (χ3v) is 3.03. The summed E-state index contributed by atoms with van der Waals surface area (Å²) in [6.07, 6.45) is 1.44. The van der Waals surface area contributed by atoms with E-state index in [-0.39, 0.29) is 24.8 Å². The van der Waals surface area contributed by atoms with Gasteiger partial charge in [0.05, 0.1) is 0 Å². The Morgan fingerprint density at radius 1 is 1.36 bits per heavy atom. The SMILES string of the molecule is CN(F)CCNC(=O)c1cccc(-c2cnc(N)c(F)c2)c1. The number of nitrogens with two attached hydrogens (primary N) is 1. The van der Waals surface area contributed by atoms with Gasteiger partial charge in [0.1, 0.15) is 0 Å². The number of halogens is 2. The molecule has 0 spiro atoms. The van der Waals surface area contributed by atoms with Gasteiger partial charge >= 0.3 is 0 Å². The van der Waals surface area contributed by atoms with Crippen molar-refractivity contribution >= 4 is 11.7 Å². The van der Waals surface area contributed by atoms with Gasteiger partial charge in [-0.3, -0.25) is 4.79 Å². The van der Waals surface area contributed by atoms with E-state index in [9.17, 15) is 13.7 Å². The van der Waals surface area contributed by atoms with Crippen molar-refractivity contribution in [3.8, 4) is 11.1 Å². The molecule has 0 aliphatic rings. The van der Waals surface area contributed by atoms with Gasteiger partial charge in [-0.05, 0) is 23.8 Å². The van der Waals surface area contributed by atoms with Gasteiger partial charge < -0.3 is 11.1 Å². The van der Waals surface area contributed by atoms with Crippen molar-refractivity contribution in [2.24, 2.45) is 0 Å². The lowest BCUT2D eigenvalue weighted by Gasteiger charge is -2.09. The molecule has 1 heterocycles. The molecular weight excluding hydrogens is 290 g/mol. The van der Waals surface area contributed by atoms with Crippen LogP contribution in [0.1, 0.15) is 10.4 Å². The molecule has 1 aromatic heterocycles. The summed E-state index contributed by atoms with van der Waals surface area (Å²) in [6.45, 7) is 0.284. The van der Waals surface area contributed by atoms with Crippen LogP contribution in [0.4, 0.5) is 14.7 Å². The quantitative estimate of drug-likeness (QED) is 0.829. The monoisotopic (exact) mass is 306 g/mol. The molecule has 0 aliphatic carbocycles. The minimum Gasteiger partial charge on any atom is -0.381 e. The molecule has 22 heavy (non-hydrogen) atoms. The van der Waals surface area contributed by atoms with Crippen LogP contribution in [0.3, 0.4) is 0 Å². The van der Waals surface area contributed by atoms with Crippen molar-refractivity contribution in [1.29, 1.82) is 0 Å². The number of nitrogens with zero attached hydrogens (tertiary/aromatic N) is 2. The van der Waals surface area contributed by atoms with Gasteiger partial charge in [0.25, 0.3) is 5.91 Å². The number of nitrogens with one attached hydrogen (secondary N) is 1. The molecule has 2 aromatic rings. The Morgan fingerprint density at radius 2 is 2.14 bits per heavy atom. The lowest BCUT2D eigenvalue weighted by molar-refractivity contribution is 0.0601. The largest absolute Gasteiger partial charge is 0.381 e. The fourth-order valence-corrected chi connectivity index (χ4v) is 1.87. The highest BCUT2D eigenvalue weighted by molar-refractivity contribution is 5.95. The van der Waals surface area contributed by atoms with Crippen LogP contribution in [0.15, 0.2) is 36.5 Å². The third-order valence-electron chi connectivity index (χ3n) is 3.03. The van der Waals surface area contributed by atoms with E-state index in [1.165, 1.54) is 19.3 Å². The Morgan fingerprint density at radius 3 is 2.82 bits per heavy atom. The van der Waals surface area contributed by atoms with E-state index in [2.05, 4.69) is 10.3 Å². The average molecular weight is 306 g/mol. The second kappa shape index (κ2) is 6.95. The molecule has 116 valence electrons. The molecular formula is C15H16F2N4O. The summed E-state index contributed by atoms with van der Waals surface area (Å²) in [6, 6.07) is 7.91. The predicted octanol–water partition coefficient (Wildman–Crippen LogP) is 2.02. The first-order valence-corrected chi connectivity index (χ1v) is 6.64. The topological polar surface area (TPSA) is 71.2 Å². The van der Waals surface area contributed by atoms with Gasteiger partial charge in [-0.2, -0.15) is 0 Å². The molecule has 0 bridgehead atoms. The molecule has 1 aromatic carbocycles. The number of rotatable bonds is 5. The summed E-state index contributed by atoms with van der Waals surface area (Å²) in [5, 5.41) is 3.08. The maximum absolute atomic E-state index is 13.5. The van der Waals surface area contributed by atoms with Gasteiger partial charge in [0, 0.05) is 37.5 Å². The van der Waals surface area contributed by atoms with Crippen LogP contribution in [-0.4, -0.2) is 36.2 Å². The van der Waals surface area contributed by atoms with Gasteiger partial charge in [0.15, 0.2) is 11.6 Å². The molecule has 0 unspecified atom stereocenters. The van der Waals surface area contributed by atoms with Crippen LogP contribution in [0, 0.1) is 5.82 Å². The molecule has 5 nitrogen and oxygen atoms in total. The van der Waals surface area contributed by atoms with E-state index < -0.39 is 5.82 Å². The molecule has 0 atom stereocenters. The molecule has 0 fully saturated rings. The number of benzene rings is 1. The maximum Gasteiger partial charge on any atom is 0.251 e. The number of carbonyl (C=O) groups is 1. The second-order valence-electron chi connectivity index (χ2n) is 4.76. The van der Waals surface area contributed by atoms with Crippen LogP contribution in [-0.2, 0) is 0 Å². The fourth-order valence-electron chi connectivity index (χ4n) is 1.87. The molecule has 7 heteroatoms. The van der Waals surface area contributed by atoms with Gasteiger partial charge in [0.2, 0.25) is 0 Å². The number of hydrogen-bond acceptors (Lipinski definition) is 4. The minimum absolute atomic E-state index is 0.0958. The highest BCUT2D eigenvalue weighted by Gasteiger charge is 2.09. The second-order valence-corrected chi connectivity index (χ2v) is 4.76. The smallest absolute Gasteiger partial charge is 0.251 e. The van der Waals surface area contributed by atoms with Crippen LogP contribution in [0.5, 0.6) is 0 Å². The molecule has 0 radical (unpaired) electrons. The van der Waals surface area contributed by atoms with Gasteiger partial charge in [-0.15, -0.1) is 9.60 Å². The number of likely N-dealkylation sites (N-methyl/N-ethyl adjacent to an activating group) is 1. The minimum atomic E-state index is -0.613. The zero-order valence-electron chi connectivity index (χ0n) is 12.0. The molecule has 0 saturated heterocycles. The number of amides is 1. The Bertz CT molecular complexity index is 676. The van der Waals surface area contributed by atoms with E-state index in [0.717, 1.165) is 0 Å². The van der Waals surface area contributed by atoms with Crippen molar-refractivity contribution in [2.45, 2.75) is 0 Å². The molecule has 3 N–H and O–H groups in total. The van der Waals surface area contributed by atoms with Crippen LogP contribution < -0.4 is 11.1 Å². The number of carbonyl (C=O) groups excluding carboxylic acids is 1. The number of hydrogen-bond donors (Lipinski definition) is 2. The highest BCUT2D eigenvalue weighted by atomic mass is 19.2. The van der Waals surface area contributed by atoms with Crippen LogP contribution in [0.25, 0.3) is 11.1 Å². The summed E-state index contributed by atoms with van der Waals surface area (Å²) in [5.41, 5.74) is 6.90. The lowest BCUT2D eigenvalue weighted by atomic mass is 10.0. The average Bonchev–Trinajstić information content (AvgIpc) is 2.49. The number of pyridine rings is 1. The number of nitrogen functional groups attached to an aromatic ring is 1. The van der Waals surface area contributed by atoms with E-state index in [0.29, 0.717) is 21.8 Å². The Hall–Kier alpha value is -2.54. The summed E-state index contributed by atoms with van der Waals surface area (Å²) >= 11 is 0. The van der Waals surface area contributed by atoms with Crippen LogP contribution >= 0.6 is 0 Å². The predicted molar refractivity (Wildman–Crippen MR) is 80.1 cm³/mol. The Balaban J connectivity index is 2.15. The normalized spacial score (nSPS) is 10.7. The maximum atomic E-state index is 13.5. The third kappa shape index (κ3) is 3.98.